The molecule has 1 unspecified atom stereocenters. The van der Waals surface area contributed by atoms with E-state index >= 15 is 4.39 Å². The van der Waals surface area contributed by atoms with Crippen molar-refractivity contribution in [1.29, 1.82) is 0 Å². The molecule has 2 N–H and O–H groups in total. The number of fused-ring (bicyclic) bond motifs is 3. The Morgan fingerprint density at radius 3 is 2.84 bits per heavy atom. The number of amides is 4. The minimum absolute atomic E-state index is 0.0370. The van der Waals surface area contributed by atoms with Gasteiger partial charge in [-0.15, -0.1) is 0 Å². The molecule has 4 amide bonds. The second kappa shape index (κ2) is 7.16. The van der Waals surface area contributed by atoms with Gasteiger partial charge in [-0.2, -0.15) is 0 Å². The molecule has 5 aliphatic rings. The van der Waals surface area contributed by atoms with Gasteiger partial charge in [0.25, 0.3) is 0 Å². The maximum atomic E-state index is 16.3. The van der Waals surface area contributed by atoms with Gasteiger partial charge in [0, 0.05) is 20.1 Å². The van der Waals surface area contributed by atoms with Crippen LogP contribution in [0.5, 0.6) is 0 Å². The number of benzene rings is 1. The summed E-state index contributed by atoms with van der Waals surface area (Å²) in [5.74, 6) is -0.891. The zero-order valence-electron chi connectivity index (χ0n) is 20.2. The van der Waals surface area contributed by atoms with Gasteiger partial charge in [-0.3, -0.25) is 15.4 Å². The van der Waals surface area contributed by atoms with Crippen LogP contribution in [-0.4, -0.2) is 79.8 Å². The van der Waals surface area contributed by atoms with Crippen LogP contribution in [0, 0.1) is 11.2 Å². The van der Waals surface area contributed by atoms with E-state index in [1.54, 1.807) is 17.9 Å². The molecule has 7 rings (SSSR count). The van der Waals surface area contributed by atoms with Crippen molar-refractivity contribution in [1.82, 2.24) is 15.8 Å². The molecular weight excluding hydrogens is 491 g/mol. The van der Waals surface area contributed by atoms with Crippen LogP contribution >= 0.6 is 0 Å². The summed E-state index contributed by atoms with van der Waals surface area (Å²) in [6.45, 7) is 4.16. The summed E-state index contributed by atoms with van der Waals surface area (Å²) >= 11 is 0. The van der Waals surface area contributed by atoms with E-state index in [9.17, 15) is 14.4 Å². The summed E-state index contributed by atoms with van der Waals surface area (Å²) in [6, 6.07) is 0.541. The van der Waals surface area contributed by atoms with Crippen molar-refractivity contribution in [3.8, 4) is 0 Å². The van der Waals surface area contributed by atoms with E-state index in [1.807, 2.05) is 6.92 Å². The fourth-order valence-corrected chi connectivity index (χ4v) is 6.62. The van der Waals surface area contributed by atoms with Crippen LogP contribution in [-0.2, 0) is 25.4 Å². The number of urea groups is 1. The Morgan fingerprint density at radius 2 is 2.08 bits per heavy atom. The van der Waals surface area contributed by atoms with E-state index in [0.717, 1.165) is 0 Å². The molecule has 3 fully saturated rings. The lowest BCUT2D eigenvalue weighted by Crippen LogP contribution is -2.86. The molecule has 37 heavy (non-hydrogen) atoms. The number of methoxy groups -OCH3 is 1. The number of carbonyl (C=O) groups is 3. The summed E-state index contributed by atoms with van der Waals surface area (Å²) in [5.41, 5.74) is -1.99. The number of hydrogen-bond acceptors (Lipinski definition) is 10. The molecule has 2 aromatic rings. The Morgan fingerprint density at radius 1 is 1.27 bits per heavy atom. The standard InChI is InChI=1S/C23H23FN6O7/c1-9-6-29-15-11(5-22-18(25-20(32)26-19(22)31)27-23(22,29)10(2)36-9)4-13-16(14(15)24)37-28-17(13)30-12(7-34-3)8-35-21(30)33/h4,9-10,12H,5-8H2,1-3H3,(H2,25,26,27,31,32)/t9-,10+,12-,22?,23-/m0/s1. The third-order valence-corrected chi connectivity index (χ3v) is 8.03. The highest BCUT2D eigenvalue weighted by Crippen LogP contribution is 2.60. The fraction of sp³-hybridized carbons (Fsp3) is 0.522. The molecule has 5 atom stereocenters. The Balaban J connectivity index is 1.44. The van der Waals surface area contributed by atoms with Crippen molar-refractivity contribution >= 4 is 46.3 Å². The topological polar surface area (TPSA) is 148 Å². The monoisotopic (exact) mass is 514 g/mol. The quantitative estimate of drug-likeness (QED) is 0.613. The molecule has 194 valence electrons. The number of anilines is 2. The zero-order valence-corrected chi connectivity index (χ0v) is 20.2. The van der Waals surface area contributed by atoms with Crippen LogP contribution < -0.4 is 20.4 Å². The lowest BCUT2D eigenvalue weighted by atomic mass is 9.58. The van der Waals surface area contributed by atoms with Gasteiger partial charge in [-0.1, -0.05) is 5.16 Å². The largest absolute Gasteiger partial charge is 0.447 e. The van der Waals surface area contributed by atoms with Crippen molar-refractivity contribution in [2.75, 3.05) is 36.7 Å². The van der Waals surface area contributed by atoms with Crippen LogP contribution in [0.3, 0.4) is 0 Å². The number of carbonyl (C=O) groups excluding carboxylic acids is 3. The molecular formula is C23H23FN6O7. The van der Waals surface area contributed by atoms with Crippen molar-refractivity contribution in [2.45, 2.75) is 44.2 Å². The highest BCUT2D eigenvalue weighted by atomic mass is 19.1. The number of imide groups is 1. The normalized spacial score (nSPS) is 34.0. The molecule has 1 aromatic carbocycles. The van der Waals surface area contributed by atoms with Crippen LogP contribution in [0.4, 0.5) is 25.5 Å². The molecule has 3 saturated heterocycles. The van der Waals surface area contributed by atoms with Gasteiger partial charge >= 0.3 is 12.1 Å². The Kier molecular flexibility index (Phi) is 4.34. The van der Waals surface area contributed by atoms with Crippen molar-refractivity contribution in [2.24, 2.45) is 10.4 Å². The number of halogens is 1. The third-order valence-electron chi connectivity index (χ3n) is 8.03. The molecule has 13 nitrogen and oxygen atoms in total. The number of aromatic nitrogens is 1. The molecule has 0 saturated carbocycles. The molecule has 2 spiro atoms. The van der Waals surface area contributed by atoms with Crippen LogP contribution in [0.25, 0.3) is 11.0 Å². The maximum Gasteiger partial charge on any atom is 0.416 e. The van der Waals surface area contributed by atoms with Gasteiger partial charge < -0.3 is 23.6 Å². The van der Waals surface area contributed by atoms with Gasteiger partial charge in [0.1, 0.15) is 18.5 Å². The van der Waals surface area contributed by atoms with Gasteiger partial charge in [0.05, 0.1) is 29.8 Å². The minimum Gasteiger partial charge on any atom is -0.447 e. The van der Waals surface area contributed by atoms with Gasteiger partial charge in [-0.05, 0) is 25.5 Å². The summed E-state index contributed by atoms with van der Waals surface area (Å²) in [4.78, 5) is 45.8. The van der Waals surface area contributed by atoms with Crippen LogP contribution in [0.2, 0.25) is 0 Å². The smallest absolute Gasteiger partial charge is 0.416 e. The summed E-state index contributed by atoms with van der Waals surface area (Å²) in [5, 5.41) is 9.29. The first kappa shape index (κ1) is 22.4. The third kappa shape index (κ3) is 2.51. The number of nitrogens with zero attached hydrogens (tertiary/aromatic N) is 4. The molecule has 6 heterocycles. The van der Waals surface area contributed by atoms with E-state index in [0.29, 0.717) is 5.56 Å². The number of nitrogens with one attached hydrogen (secondary N) is 2. The average molecular weight is 514 g/mol. The molecule has 14 heteroatoms. The number of hydrogen-bond donors (Lipinski definition) is 2. The highest BCUT2D eigenvalue weighted by Gasteiger charge is 2.77. The van der Waals surface area contributed by atoms with Gasteiger partial charge in [0.2, 0.25) is 11.5 Å². The number of rotatable bonds is 3. The van der Waals surface area contributed by atoms with E-state index in [1.165, 1.54) is 12.0 Å². The predicted octanol–water partition coefficient (Wildman–Crippen LogP) is 1.04. The first-order valence-electron chi connectivity index (χ1n) is 11.9. The summed E-state index contributed by atoms with van der Waals surface area (Å²) < 4.78 is 38.2. The second-order valence-corrected chi connectivity index (χ2v) is 10.0. The van der Waals surface area contributed by atoms with E-state index in [-0.39, 0.29) is 60.6 Å². The molecule has 0 bridgehead atoms. The van der Waals surface area contributed by atoms with Crippen molar-refractivity contribution in [3.05, 3.63) is 17.4 Å². The van der Waals surface area contributed by atoms with E-state index < -0.39 is 47.1 Å². The van der Waals surface area contributed by atoms with Crippen LogP contribution in [0.1, 0.15) is 19.4 Å². The van der Waals surface area contributed by atoms with Crippen molar-refractivity contribution in [3.63, 3.8) is 0 Å². The average Bonchev–Trinajstić information content (AvgIpc) is 3.40. The summed E-state index contributed by atoms with van der Waals surface area (Å²) in [6.07, 6.45) is -1.50. The first-order chi connectivity index (χ1) is 17.7. The SMILES string of the molecule is COC[C@H]1COC(=O)N1c1noc2c(F)c3c(cc12)CC12C(=O)NC(=O)NC1=N[C@]21[C@@H](C)O[C@@H](C)CN31. The lowest BCUT2D eigenvalue weighted by molar-refractivity contribution is -0.147. The minimum atomic E-state index is -1.31. The Bertz CT molecular complexity index is 1440. The Labute approximate surface area is 208 Å². The van der Waals surface area contributed by atoms with Gasteiger partial charge in [0.15, 0.2) is 22.7 Å². The van der Waals surface area contributed by atoms with E-state index in [4.69, 9.17) is 18.7 Å². The molecule has 5 aliphatic heterocycles. The van der Waals surface area contributed by atoms with Crippen molar-refractivity contribution < 1.29 is 37.5 Å². The lowest BCUT2D eigenvalue weighted by Gasteiger charge is -2.67. The fourth-order valence-electron chi connectivity index (χ4n) is 6.62. The highest BCUT2D eigenvalue weighted by molar-refractivity contribution is 6.26. The second-order valence-electron chi connectivity index (χ2n) is 10.0. The van der Waals surface area contributed by atoms with Gasteiger partial charge in [-0.25, -0.2) is 23.9 Å². The zero-order chi connectivity index (χ0) is 25.9. The number of amidine groups is 1. The first-order valence-corrected chi connectivity index (χ1v) is 11.9. The molecule has 0 radical (unpaired) electrons. The number of ether oxygens (including phenoxy) is 3. The maximum absolute atomic E-state index is 16.3. The Hall–Kier alpha value is -3.78. The molecule has 0 aliphatic carbocycles. The predicted molar refractivity (Wildman–Crippen MR) is 124 cm³/mol. The number of morpholine rings is 1. The molecule has 1 aromatic heterocycles. The summed E-state index contributed by atoms with van der Waals surface area (Å²) in [7, 11) is 1.50. The number of aliphatic imine (C=N–C) groups is 1. The van der Waals surface area contributed by atoms with Crippen LogP contribution in [0.15, 0.2) is 15.6 Å². The number of cyclic esters (lactones) is 1. The van der Waals surface area contributed by atoms with E-state index in [2.05, 4.69) is 20.8 Å².